The number of ether oxygens (including phenoxy) is 2. The summed E-state index contributed by atoms with van der Waals surface area (Å²) in [5.41, 5.74) is 9.49. The highest BCUT2D eigenvalue weighted by atomic mass is 16.5. The van der Waals surface area contributed by atoms with Crippen molar-refractivity contribution >= 4 is 0 Å². The highest BCUT2D eigenvalue weighted by molar-refractivity contribution is 5.79. The maximum atomic E-state index is 6.07. The summed E-state index contributed by atoms with van der Waals surface area (Å²) in [6.07, 6.45) is 1.88. The predicted octanol–water partition coefficient (Wildman–Crippen LogP) is 8.91. The second-order valence-electron chi connectivity index (χ2n) is 9.20. The van der Waals surface area contributed by atoms with Gasteiger partial charge in [-0.25, -0.2) is 0 Å². The minimum atomic E-state index is 0.673. The summed E-state index contributed by atoms with van der Waals surface area (Å²) in [5, 5.41) is 0. The zero-order chi connectivity index (χ0) is 24.2. The second-order valence-corrected chi connectivity index (χ2v) is 9.20. The minimum absolute atomic E-state index is 0.673. The molecule has 0 aliphatic carbocycles. The molecule has 5 aromatic rings. The molecule has 2 heteroatoms. The van der Waals surface area contributed by atoms with Crippen molar-refractivity contribution < 1.29 is 9.47 Å². The van der Waals surface area contributed by atoms with Crippen LogP contribution in [0.5, 0.6) is 11.5 Å². The van der Waals surface area contributed by atoms with E-state index < -0.39 is 0 Å². The van der Waals surface area contributed by atoms with Crippen LogP contribution >= 0.6 is 0 Å². The number of fused-ring (bicyclic) bond motifs is 14. The Hall–Kier alpha value is -4.30. The van der Waals surface area contributed by atoms with Crippen LogP contribution in [-0.2, 0) is 0 Å². The Morgan fingerprint density at radius 2 is 0.611 bits per heavy atom. The summed E-state index contributed by atoms with van der Waals surface area (Å²) in [4.78, 5) is 0. The molecule has 0 spiro atoms. The lowest BCUT2D eigenvalue weighted by Gasteiger charge is -2.11. The third-order valence-electron chi connectivity index (χ3n) is 6.67. The van der Waals surface area contributed by atoms with E-state index in [4.69, 9.17) is 9.47 Å². The Labute approximate surface area is 212 Å². The normalized spacial score (nSPS) is 13.0. The predicted molar refractivity (Wildman–Crippen MR) is 148 cm³/mol. The molecule has 0 N–H and O–H groups in total. The van der Waals surface area contributed by atoms with Gasteiger partial charge in [0.2, 0.25) is 0 Å². The van der Waals surface area contributed by atoms with E-state index in [1.54, 1.807) is 0 Å². The molecule has 0 aromatic heterocycles. The van der Waals surface area contributed by atoms with Gasteiger partial charge in [-0.3, -0.25) is 0 Å². The molecule has 6 rings (SSSR count). The van der Waals surface area contributed by atoms with Gasteiger partial charge in [0.15, 0.2) is 0 Å². The van der Waals surface area contributed by atoms with E-state index in [0.717, 1.165) is 35.5 Å². The van der Waals surface area contributed by atoms with Crippen molar-refractivity contribution in [3.63, 3.8) is 0 Å². The Kier molecular flexibility index (Phi) is 6.24. The number of benzene rings is 5. The van der Waals surface area contributed by atoms with E-state index in [2.05, 4.69) is 109 Å². The Morgan fingerprint density at radius 1 is 0.333 bits per heavy atom. The number of rotatable bonds is 0. The standard InChI is InChI=1S/C34H28O2/c1-2-19-36-34-17-7-15-32(24-34)30-13-5-11-28(22-30)26-9-3-8-25(20-26)27-10-4-12-29(21-27)31-14-6-16-33(23-31)35-18-1/h3-17,20-24H,1-2,18-19H2. The fourth-order valence-electron chi connectivity index (χ4n) is 4.75. The highest BCUT2D eigenvalue weighted by Gasteiger charge is 2.08. The van der Waals surface area contributed by atoms with E-state index in [-0.39, 0.29) is 0 Å². The van der Waals surface area contributed by atoms with Gasteiger partial charge in [-0.15, -0.1) is 0 Å². The SMILES string of the molecule is c1cc2cc(c1)-c1cccc(c1)-c1cccc(c1)-c1cccc(c1)-c1cccc(c1)OCCCCO2. The van der Waals surface area contributed by atoms with Crippen molar-refractivity contribution in [3.05, 3.63) is 121 Å². The average Bonchev–Trinajstić information content (AvgIpc) is 2.95. The molecule has 36 heavy (non-hydrogen) atoms. The van der Waals surface area contributed by atoms with Crippen LogP contribution < -0.4 is 9.47 Å². The Morgan fingerprint density at radius 3 is 0.944 bits per heavy atom. The van der Waals surface area contributed by atoms with E-state index in [9.17, 15) is 0 Å². The molecule has 2 nitrogen and oxygen atoms in total. The van der Waals surface area contributed by atoms with E-state index >= 15 is 0 Å². The van der Waals surface area contributed by atoms with Gasteiger partial charge in [0.1, 0.15) is 11.5 Å². The summed E-state index contributed by atoms with van der Waals surface area (Å²) in [7, 11) is 0. The molecule has 10 bridgehead atoms. The van der Waals surface area contributed by atoms with Gasteiger partial charge in [0, 0.05) is 0 Å². The maximum Gasteiger partial charge on any atom is 0.119 e. The molecule has 1 aliphatic rings. The fourth-order valence-corrected chi connectivity index (χ4v) is 4.75. The molecule has 176 valence electrons. The molecule has 0 saturated carbocycles. The fraction of sp³-hybridized carbons (Fsp3) is 0.118. The van der Waals surface area contributed by atoms with Gasteiger partial charge in [-0.05, 0) is 99.8 Å². The van der Waals surface area contributed by atoms with Crippen molar-refractivity contribution in [2.45, 2.75) is 12.8 Å². The molecule has 0 unspecified atom stereocenters. The lowest BCUT2D eigenvalue weighted by atomic mass is 9.95. The van der Waals surface area contributed by atoms with E-state index in [1.165, 1.54) is 33.4 Å². The van der Waals surface area contributed by atoms with Crippen molar-refractivity contribution in [2.24, 2.45) is 0 Å². The van der Waals surface area contributed by atoms with Gasteiger partial charge in [0.25, 0.3) is 0 Å². The molecule has 1 aliphatic heterocycles. The number of hydrogen-bond donors (Lipinski definition) is 0. The summed E-state index contributed by atoms with van der Waals surface area (Å²) < 4.78 is 12.1. The van der Waals surface area contributed by atoms with Gasteiger partial charge in [-0.2, -0.15) is 0 Å². The summed E-state index contributed by atoms with van der Waals surface area (Å²) >= 11 is 0. The lowest BCUT2D eigenvalue weighted by Crippen LogP contribution is -2.02. The first-order valence-electron chi connectivity index (χ1n) is 12.6. The maximum absolute atomic E-state index is 6.07. The number of hydrogen-bond acceptors (Lipinski definition) is 2. The first-order chi connectivity index (χ1) is 17.8. The molecular weight excluding hydrogens is 440 g/mol. The van der Waals surface area contributed by atoms with Crippen LogP contribution in [0.15, 0.2) is 121 Å². The molecule has 5 aromatic carbocycles. The van der Waals surface area contributed by atoms with Crippen LogP contribution in [0.3, 0.4) is 0 Å². The van der Waals surface area contributed by atoms with Gasteiger partial charge >= 0.3 is 0 Å². The molecule has 0 saturated heterocycles. The van der Waals surface area contributed by atoms with E-state index in [0.29, 0.717) is 13.2 Å². The Balaban J connectivity index is 1.43. The van der Waals surface area contributed by atoms with Crippen LogP contribution in [0.25, 0.3) is 44.5 Å². The largest absolute Gasteiger partial charge is 0.494 e. The second kappa shape index (κ2) is 10.1. The highest BCUT2D eigenvalue weighted by Crippen LogP contribution is 2.33. The minimum Gasteiger partial charge on any atom is -0.494 e. The first kappa shape index (κ1) is 22.2. The third kappa shape index (κ3) is 4.89. The van der Waals surface area contributed by atoms with Crippen LogP contribution in [0.4, 0.5) is 0 Å². The zero-order valence-corrected chi connectivity index (χ0v) is 20.2. The Bertz CT molecular complexity index is 1390. The molecule has 0 amide bonds. The molecule has 0 atom stereocenters. The monoisotopic (exact) mass is 468 g/mol. The van der Waals surface area contributed by atoms with Crippen LogP contribution in [0.1, 0.15) is 12.8 Å². The van der Waals surface area contributed by atoms with Gasteiger partial charge in [-0.1, -0.05) is 78.9 Å². The summed E-state index contributed by atoms with van der Waals surface area (Å²) in [6, 6.07) is 43.0. The molecular formula is C34H28O2. The van der Waals surface area contributed by atoms with Crippen LogP contribution in [0.2, 0.25) is 0 Å². The van der Waals surface area contributed by atoms with Gasteiger partial charge < -0.3 is 9.47 Å². The van der Waals surface area contributed by atoms with Gasteiger partial charge in [0.05, 0.1) is 13.2 Å². The molecule has 0 fully saturated rings. The van der Waals surface area contributed by atoms with E-state index in [1.807, 2.05) is 12.1 Å². The summed E-state index contributed by atoms with van der Waals surface area (Å²) in [6.45, 7) is 1.35. The smallest absolute Gasteiger partial charge is 0.119 e. The summed E-state index contributed by atoms with van der Waals surface area (Å²) in [5.74, 6) is 1.80. The lowest BCUT2D eigenvalue weighted by molar-refractivity contribution is 0.266. The zero-order valence-electron chi connectivity index (χ0n) is 20.2. The molecule has 1 heterocycles. The van der Waals surface area contributed by atoms with Crippen molar-refractivity contribution in [3.8, 4) is 56.0 Å². The van der Waals surface area contributed by atoms with Crippen molar-refractivity contribution in [1.29, 1.82) is 0 Å². The molecule has 0 radical (unpaired) electrons. The van der Waals surface area contributed by atoms with Crippen molar-refractivity contribution in [2.75, 3.05) is 13.2 Å². The third-order valence-corrected chi connectivity index (χ3v) is 6.67. The average molecular weight is 469 g/mol. The quantitative estimate of drug-likeness (QED) is 0.226. The first-order valence-corrected chi connectivity index (χ1v) is 12.6. The van der Waals surface area contributed by atoms with Crippen molar-refractivity contribution in [1.82, 2.24) is 0 Å². The van der Waals surface area contributed by atoms with Crippen LogP contribution in [-0.4, -0.2) is 13.2 Å². The van der Waals surface area contributed by atoms with Crippen LogP contribution in [0, 0.1) is 0 Å². The topological polar surface area (TPSA) is 18.5 Å².